The number of rotatable bonds is 5. The molecule has 0 aliphatic carbocycles. The summed E-state index contributed by atoms with van der Waals surface area (Å²) in [6, 6.07) is 5.97. The second-order valence-corrected chi connectivity index (χ2v) is 5.51. The summed E-state index contributed by atoms with van der Waals surface area (Å²) in [4.78, 5) is 36.3. The molecule has 1 heterocycles. The lowest BCUT2D eigenvalue weighted by atomic mass is 10.1. The highest BCUT2D eigenvalue weighted by Gasteiger charge is 2.32. The van der Waals surface area contributed by atoms with Crippen LogP contribution in [0.4, 0.5) is 9.59 Å². The molecule has 0 aromatic heterocycles. The molecule has 1 aliphatic heterocycles. The number of benzene rings is 1. The number of piperazine rings is 1. The third-order valence-electron chi connectivity index (χ3n) is 3.97. The van der Waals surface area contributed by atoms with E-state index in [0.717, 1.165) is 0 Å². The molecule has 0 radical (unpaired) electrons. The number of esters is 1. The van der Waals surface area contributed by atoms with Crippen molar-refractivity contribution in [1.29, 1.82) is 0 Å². The molecule has 1 fully saturated rings. The molecule has 2 rings (SSSR count). The molecule has 1 aliphatic rings. The van der Waals surface area contributed by atoms with E-state index >= 15 is 0 Å². The molecule has 1 saturated heterocycles. The zero-order valence-corrected chi connectivity index (χ0v) is 13.8. The fraction of sp³-hybridized carbons (Fsp3) is 0.438. The highest BCUT2D eigenvalue weighted by atomic mass is 16.5. The predicted molar refractivity (Wildman–Crippen MR) is 86.0 cm³/mol. The normalized spacial score (nSPS) is 17.1. The summed E-state index contributed by atoms with van der Waals surface area (Å²) in [5.74, 6) is -0.0254. The van der Waals surface area contributed by atoms with E-state index in [2.05, 4.69) is 4.74 Å². The van der Waals surface area contributed by atoms with Crippen molar-refractivity contribution in [3.8, 4) is 5.75 Å². The van der Waals surface area contributed by atoms with Crippen molar-refractivity contribution < 1.29 is 34.1 Å². The number of carbonyl (C=O) groups is 3. The minimum atomic E-state index is -1.08. The molecule has 2 N–H and O–H groups in total. The van der Waals surface area contributed by atoms with E-state index in [0.29, 0.717) is 17.7 Å². The molecule has 0 saturated carbocycles. The van der Waals surface area contributed by atoms with Crippen LogP contribution < -0.4 is 4.74 Å². The van der Waals surface area contributed by atoms with Crippen LogP contribution in [0.1, 0.15) is 16.8 Å². The molecule has 0 spiro atoms. The summed E-state index contributed by atoms with van der Waals surface area (Å²) in [6.07, 6.45) is -1.82. The SMILES string of the molecule is COC(=O)c1cccc(OCC[C@@H]2CN(C(=O)O)CCN2C(=O)O)c1. The summed E-state index contributed by atoms with van der Waals surface area (Å²) in [5.41, 5.74) is 0.349. The zero-order valence-electron chi connectivity index (χ0n) is 13.8. The Kier molecular flexibility index (Phi) is 6.04. The van der Waals surface area contributed by atoms with Crippen LogP contribution in [-0.4, -0.2) is 77.6 Å². The quantitative estimate of drug-likeness (QED) is 0.773. The zero-order chi connectivity index (χ0) is 18.4. The van der Waals surface area contributed by atoms with Gasteiger partial charge in [0.05, 0.1) is 25.3 Å². The van der Waals surface area contributed by atoms with Crippen molar-refractivity contribution in [3.05, 3.63) is 29.8 Å². The van der Waals surface area contributed by atoms with Crippen molar-refractivity contribution in [3.63, 3.8) is 0 Å². The van der Waals surface area contributed by atoms with Gasteiger partial charge in [-0.25, -0.2) is 14.4 Å². The van der Waals surface area contributed by atoms with E-state index in [1.807, 2.05) is 0 Å². The molecule has 25 heavy (non-hydrogen) atoms. The maximum absolute atomic E-state index is 11.5. The lowest BCUT2D eigenvalue weighted by Crippen LogP contribution is -2.56. The molecule has 9 nitrogen and oxygen atoms in total. The first-order chi connectivity index (χ1) is 11.9. The van der Waals surface area contributed by atoms with Crippen LogP contribution in [0, 0.1) is 0 Å². The van der Waals surface area contributed by atoms with E-state index in [9.17, 15) is 19.5 Å². The Morgan fingerprint density at radius 1 is 1.20 bits per heavy atom. The largest absolute Gasteiger partial charge is 0.493 e. The Balaban J connectivity index is 1.95. The topological polar surface area (TPSA) is 117 Å². The fourth-order valence-corrected chi connectivity index (χ4v) is 2.67. The van der Waals surface area contributed by atoms with Crippen molar-refractivity contribution >= 4 is 18.2 Å². The lowest BCUT2D eigenvalue weighted by Gasteiger charge is -2.38. The molecular formula is C16H20N2O7. The van der Waals surface area contributed by atoms with Crippen LogP contribution in [0.5, 0.6) is 5.75 Å². The highest BCUT2D eigenvalue weighted by molar-refractivity contribution is 5.89. The van der Waals surface area contributed by atoms with Crippen molar-refractivity contribution in [2.75, 3.05) is 33.4 Å². The first-order valence-electron chi connectivity index (χ1n) is 7.71. The number of hydrogen-bond donors (Lipinski definition) is 2. The van der Waals surface area contributed by atoms with Gasteiger partial charge in [0.2, 0.25) is 0 Å². The molecule has 1 atom stereocenters. The van der Waals surface area contributed by atoms with Gasteiger partial charge in [0.25, 0.3) is 0 Å². The minimum absolute atomic E-state index is 0.104. The van der Waals surface area contributed by atoms with E-state index in [-0.39, 0.29) is 26.2 Å². The summed E-state index contributed by atoms with van der Waals surface area (Å²) in [6.45, 7) is 0.573. The van der Waals surface area contributed by atoms with Crippen LogP contribution >= 0.6 is 0 Å². The monoisotopic (exact) mass is 352 g/mol. The first kappa shape index (κ1) is 18.4. The van der Waals surface area contributed by atoms with Crippen LogP contribution in [0.15, 0.2) is 24.3 Å². The van der Waals surface area contributed by atoms with Gasteiger partial charge in [-0.15, -0.1) is 0 Å². The molecule has 1 aromatic carbocycles. The highest BCUT2D eigenvalue weighted by Crippen LogP contribution is 2.17. The van der Waals surface area contributed by atoms with Gasteiger partial charge in [0, 0.05) is 26.1 Å². The first-order valence-corrected chi connectivity index (χ1v) is 7.71. The smallest absolute Gasteiger partial charge is 0.407 e. The van der Waals surface area contributed by atoms with Crippen molar-refractivity contribution in [1.82, 2.24) is 9.80 Å². The van der Waals surface area contributed by atoms with E-state index in [1.165, 1.54) is 23.0 Å². The molecule has 0 unspecified atom stereocenters. The summed E-state index contributed by atoms with van der Waals surface area (Å²) in [7, 11) is 1.29. The van der Waals surface area contributed by atoms with Gasteiger partial charge in [0.1, 0.15) is 5.75 Å². The second-order valence-electron chi connectivity index (χ2n) is 5.51. The second kappa shape index (κ2) is 8.22. The molecule has 9 heteroatoms. The third kappa shape index (κ3) is 4.75. The maximum atomic E-state index is 11.5. The Labute approximate surface area is 144 Å². The average molecular weight is 352 g/mol. The number of carboxylic acid groups (broad SMARTS) is 2. The summed E-state index contributed by atoms with van der Waals surface area (Å²) in [5, 5.41) is 18.3. The average Bonchev–Trinajstić information content (AvgIpc) is 2.61. The Hall–Kier alpha value is -2.97. The predicted octanol–water partition coefficient (Wildman–Crippen LogP) is 1.58. The maximum Gasteiger partial charge on any atom is 0.407 e. The van der Waals surface area contributed by atoms with Gasteiger partial charge in [-0.05, 0) is 18.2 Å². The third-order valence-corrected chi connectivity index (χ3v) is 3.97. The molecule has 2 amide bonds. The number of ether oxygens (including phenoxy) is 2. The number of hydrogen-bond acceptors (Lipinski definition) is 5. The van der Waals surface area contributed by atoms with Gasteiger partial charge < -0.3 is 29.5 Å². The molecule has 0 bridgehead atoms. The number of amides is 2. The van der Waals surface area contributed by atoms with Gasteiger partial charge in [-0.2, -0.15) is 0 Å². The Bertz CT molecular complexity index is 649. The van der Waals surface area contributed by atoms with E-state index in [4.69, 9.17) is 9.84 Å². The van der Waals surface area contributed by atoms with Crippen LogP contribution in [0.25, 0.3) is 0 Å². The van der Waals surface area contributed by atoms with Gasteiger partial charge >= 0.3 is 18.2 Å². The number of methoxy groups -OCH3 is 1. The van der Waals surface area contributed by atoms with Gasteiger partial charge in [0.15, 0.2) is 0 Å². The standard InChI is InChI=1S/C16H20N2O7/c1-24-14(19)11-3-2-4-13(9-11)25-8-5-12-10-17(15(20)21)6-7-18(12)16(22)23/h2-4,9,12H,5-8,10H2,1H3,(H,20,21)(H,22,23)/t12-/m1/s1. The summed E-state index contributed by atoms with van der Waals surface area (Å²) < 4.78 is 10.2. The van der Waals surface area contributed by atoms with Crippen molar-refractivity contribution in [2.24, 2.45) is 0 Å². The fourth-order valence-electron chi connectivity index (χ4n) is 2.67. The minimum Gasteiger partial charge on any atom is -0.493 e. The summed E-state index contributed by atoms with van der Waals surface area (Å²) >= 11 is 0. The van der Waals surface area contributed by atoms with E-state index < -0.39 is 24.2 Å². The van der Waals surface area contributed by atoms with Crippen LogP contribution in [0.3, 0.4) is 0 Å². The number of nitrogens with zero attached hydrogens (tertiary/aromatic N) is 2. The van der Waals surface area contributed by atoms with Crippen LogP contribution in [-0.2, 0) is 4.74 Å². The molecule has 136 valence electrons. The van der Waals surface area contributed by atoms with E-state index in [1.54, 1.807) is 18.2 Å². The van der Waals surface area contributed by atoms with Crippen molar-refractivity contribution in [2.45, 2.75) is 12.5 Å². The molecular weight excluding hydrogens is 332 g/mol. The Morgan fingerprint density at radius 2 is 1.96 bits per heavy atom. The van der Waals surface area contributed by atoms with Gasteiger partial charge in [-0.1, -0.05) is 6.07 Å². The van der Waals surface area contributed by atoms with Gasteiger partial charge in [-0.3, -0.25) is 0 Å². The molecule has 1 aromatic rings. The lowest BCUT2D eigenvalue weighted by molar-refractivity contribution is 0.0561. The van der Waals surface area contributed by atoms with Crippen LogP contribution in [0.2, 0.25) is 0 Å². The Morgan fingerprint density at radius 3 is 2.60 bits per heavy atom. The number of carbonyl (C=O) groups excluding carboxylic acids is 1.